The molecular weight excluding hydrogens is 405 g/mol. The second kappa shape index (κ2) is 9.69. The largest absolute Gasteiger partial charge is 0.395 e. The predicted octanol–water partition coefficient (Wildman–Crippen LogP) is 3.99. The molecule has 2 heterocycles. The molecule has 1 aliphatic heterocycles. The first-order valence-electron chi connectivity index (χ1n) is 10.6. The fourth-order valence-corrected chi connectivity index (χ4v) is 4.41. The number of likely N-dealkylation sites (N-methyl/N-ethyl adjacent to an activating group) is 1. The van der Waals surface area contributed by atoms with Crippen LogP contribution < -0.4 is 0 Å². The van der Waals surface area contributed by atoms with E-state index in [9.17, 15) is 4.79 Å². The van der Waals surface area contributed by atoms with Crippen LogP contribution in [0.4, 0.5) is 0 Å². The Morgan fingerprint density at radius 3 is 2.45 bits per heavy atom. The molecule has 160 valence electrons. The second-order valence-electron chi connectivity index (χ2n) is 7.92. The van der Waals surface area contributed by atoms with E-state index in [1.165, 1.54) is 16.0 Å². The molecular formula is C25H28N3O2P. The van der Waals surface area contributed by atoms with Crippen molar-refractivity contribution in [1.82, 2.24) is 14.6 Å². The molecule has 1 aromatic heterocycles. The number of hydrogen-bond donors (Lipinski definition) is 1. The van der Waals surface area contributed by atoms with Crippen molar-refractivity contribution in [1.29, 1.82) is 0 Å². The van der Waals surface area contributed by atoms with E-state index in [0.29, 0.717) is 12.1 Å². The van der Waals surface area contributed by atoms with Crippen molar-refractivity contribution in [2.45, 2.75) is 12.8 Å². The maximum absolute atomic E-state index is 12.6. The summed E-state index contributed by atoms with van der Waals surface area (Å²) in [6.07, 6.45) is 3.85. The van der Waals surface area contributed by atoms with Gasteiger partial charge in [-0.15, -0.1) is 0 Å². The van der Waals surface area contributed by atoms with E-state index in [1.54, 1.807) is 7.05 Å². The Kier molecular flexibility index (Phi) is 6.77. The van der Waals surface area contributed by atoms with Crippen LogP contribution in [0.25, 0.3) is 16.5 Å². The first-order valence-corrected chi connectivity index (χ1v) is 11.1. The van der Waals surface area contributed by atoms with Gasteiger partial charge in [-0.25, -0.2) is 0 Å². The van der Waals surface area contributed by atoms with Gasteiger partial charge in [-0.2, -0.15) is 0 Å². The van der Waals surface area contributed by atoms with E-state index in [0.717, 1.165) is 48.0 Å². The molecule has 0 aliphatic carbocycles. The molecule has 1 saturated heterocycles. The number of rotatable bonds is 5. The standard InChI is InChI=1S/C25H28N3O2P/c1-27(16-17-29)25(30)21-9-7-18(8-10-21)23(19-11-14-28(31)15-12-19)22-6-2-4-20-5-3-13-26-24(20)22/h2-10,13,29H,11-12,14-17,31H2,1H3. The van der Waals surface area contributed by atoms with Gasteiger partial charge in [0.25, 0.3) is 5.91 Å². The fraction of sp³-hybridized carbons (Fsp3) is 0.280. The van der Waals surface area contributed by atoms with Crippen LogP contribution in [0.5, 0.6) is 0 Å². The lowest BCUT2D eigenvalue weighted by Crippen LogP contribution is -2.29. The molecule has 1 fully saturated rings. The number of para-hydroxylation sites is 1. The van der Waals surface area contributed by atoms with Crippen LogP contribution >= 0.6 is 9.39 Å². The van der Waals surface area contributed by atoms with Gasteiger partial charge in [-0.3, -0.25) is 14.4 Å². The maximum atomic E-state index is 12.6. The Hall–Kier alpha value is -2.59. The molecule has 0 radical (unpaired) electrons. The van der Waals surface area contributed by atoms with Gasteiger partial charge < -0.3 is 10.0 Å². The highest BCUT2D eigenvalue weighted by molar-refractivity contribution is 7.13. The average molecular weight is 433 g/mol. The van der Waals surface area contributed by atoms with Crippen LogP contribution in [0, 0.1) is 0 Å². The molecule has 31 heavy (non-hydrogen) atoms. The molecule has 0 saturated carbocycles. The van der Waals surface area contributed by atoms with Gasteiger partial charge in [-0.05, 0) is 42.2 Å². The molecule has 5 nitrogen and oxygen atoms in total. The Balaban J connectivity index is 1.79. The zero-order chi connectivity index (χ0) is 21.8. The molecule has 1 unspecified atom stereocenters. The van der Waals surface area contributed by atoms with E-state index in [1.807, 2.05) is 36.5 Å². The molecule has 3 aromatic rings. The monoisotopic (exact) mass is 433 g/mol. The van der Waals surface area contributed by atoms with Crippen molar-refractivity contribution in [2.75, 3.05) is 33.3 Å². The second-order valence-corrected chi connectivity index (χ2v) is 8.65. The average Bonchev–Trinajstić information content (AvgIpc) is 2.81. The number of nitrogens with zero attached hydrogens (tertiary/aromatic N) is 3. The van der Waals surface area contributed by atoms with Crippen molar-refractivity contribution in [2.24, 2.45) is 0 Å². The van der Waals surface area contributed by atoms with Gasteiger partial charge in [0, 0.05) is 49.4 Å². The molecule has 0 bridgehead atoms. The lowest BCUT2D eigenvalue weighted by molar-refractivity contribution is 0.0767. The van der Waals surface area contributed by atoms with Gasteiger partial charge in [0.1, 0.15) is 0 Å². The number of carbonyl (C=O) groups excluding carboxylic acids is 1. The van der Waals surface area contributed by atoms with Gasteiger partial charge >= 0.3 is 0 Å². The van der Waals surface area contributed by atoms with Crippen molar-refractivity contribution in [3.8, 4) is 0 Å². The minimum atomic E-state index is -0.0852. The van der Waals surface area contributed by atoms with Crippen LogP contribution in [-0.2, 0) is 0 Å². The van der Waals surface area contributed by atoms with Crippen molar-refractivity contribution >= 4 is 31.8 Å². The predicted molar refractivity (Wildman–Crippen MR) is 129 cm³/mol. The number of benzene rings is 2. The summed E-state index contributed by atoms with van der Waals surface area (Å²) in [6.45, 7) is 2.29. The fourth-order valence-electron chi connectivity index (χ4n) is 4.15. The number of pyridine rings is 1. The highest BCUT2D eigenvalue weighted by atomic mass is 31.0. The van der Waals surface area contributed by atoms with Gasteiger partial charge in [0.2, 0.25) is 0 Å². The molecule has 1 amide bonds. The van der Waals surface area contributed by atoms with Crippen LogP contribution in [0.2, 0.25) is 0 Å². The summed E-state index contributed by atoms with van der Waals surface area (Å²) < 4.78 is 2.28. The molecule has 6 heteroatoms. The number of piperidine rings is 1. The third-order valence-corrected chi connectivity index (χ3v) is 6.38. The van der Waals surface area contributed by atoms with E-state index in [2.05, 4.69) is 38.3 Å². The van der Waals surface area contributed by atoms with E-state index < -0.39 is 0 Å². The Morgan fingerprint density at radius 2 is 1.74 bits per heavy atom. The van der Waals surface area contributed by atoms with Crippen LogP contribution in [0.15, 0.2) is 66.4 Å². The summed E-state index contributed by atoms with van der Waals surface area (Å²) in [7, 11) is 4.51. The summed E-state index contributed by atoms with van der Waals surface area (Å²) >= 11 is 0. The number of aromatic nitrogens is 1. The van der Waals surface area contributed by atoms with Gasteiger partial charge in [0.05, 0.1) is 12.1 Å². The SMILES string of the molecule is CN(CCO)C(=O)c1ccc(C(=C2CCN(P)CC2)c2cccc3cccnc23)cc1. The minimum Gasteiger partial charge on any atom is -0.395 e. The summed E-state index contributed by atoms with van der Waals surface area (Å²) in [6, 6.07) is 18.2. The third kappa shape index (κ3) is 4.69. The van der Waals surface area contributed by atoms with Crippen LogP contribution in [0.1, 0.15) is 34.3 Å². The maximum Gasteiger partial charge on any atom is 0.253 e. The molecule has 4 rings (SSSR count). The molecule has 2 aromatic carbocycles. The highest BCUT2D eigenvalue weighted by Gasteiger charge is 2.20. The summed E-state index contributed by atoms with van der Waals surface area (Å²) in [5, 5.41) is 10.2. The minimum absolute atomic E-state index is 0.0443. The number of aliphatic hydroxyl groups is 1. The first-order chi connectivity index (χ1) is 15.1. The molecule has 1 aliphatic rings. The quantitative estimate of drug-likeness (QED) is 0.619. The number of aliphatic hydroxyl groups excluding tert-OH is 1. The summed E-state index contributed by atoms with van der Waals surface area (Å²) in [5.74, 6) is -0.0852. The topological polar surface area (TPSA) is 56.7 Å². The Morgan fingerprint density at radius 1 is 1.06 bits per heavy atom. The van der Waals surface area contributed by atoms with Crippen molar-refractivity contribution < 1.29 is 9.90 Å². The van der Waals surface area contributed by atoms with E-state index >= 15 is 0 Å². The van der Waals surface area contributed by atoms with Crippen LogP contribution in [0.3, 0.4) is 0 Å². The van der Waals surface area contributed by atoms with Gasteiger partial charge in [-0.1, -0.05) is 51.4 Å². The van der Waals surface area contributed by atoms with Gasteiger partial charge in [0.15, 0.2) is 0 Å². The Labute approximate surface area is 185 Å². The molecule has 1 atom stereocenters. The number of carbonyl (C=O) groups is 1. The Bertz CT molecular complexity index is 1100. The van der Waals surface area contributed by atoms with E-state index in [4.69, 9.17) is 10.1 Å². The molecule has 0 spiro atoms. The normalized spacial score (nSPS) is 14.6. The molecule has 1 N–H and O–H groups in total. The zero-order valence-corrected chi connectivity index (χ0v) is 18.9. The summed E-state index contributed by atoms with van der Waals surface area (Å²) in [5.41, 5.74) is 6.52. The zero-order valence-electron chi connectivity index (χ0n) is 17.8. The first kappa shape index (κ1) is 21.6. The summed E-state index contributed by atoms with van der Waals surface area (Å²) in [4.78, 5) is 18.8. The number of hydrogen-bond acceptors (Lipinski definition) is 4. The lowest BCUT2D eigenvalue weighted by Gasteiger charge is -2.27. The van der Waals surface area contributed by atoms with Crippen molar-refractivity contribution in [3.05, 3.63) is 83.1 Å². The van der Waals surface area contributed by atoms with Crippen molar-refractivity contribution in [3.63, 3.8) is 0 Å². The number of amides is 1. The smallest absolute Gasteiger partial charge is 0.253 e. The number of fused-ring (bicyclic) bond motifs is 1. The van der Waals surface area contributed by atoms with Crippen LogP contribution in [-0.4, -0.2) is 58.9 Å². The lowest BCUT2D eigenvalue weighted by atomic mass is 9.87. The third-order valence-electron chi connectivity index (χ3n) is 5.86. The van der Waals surface area contributed by atoms with E-state index in [-0.39, 0.29) is 12.5 Å². The highest BCUT2D eigenvalue weighted by Crippen LogP contribution is 2.36.